The molecule has 2 unspecified atom stereocenters. The van der Waals surface area contributed by atoms with Crippen LogP contribution in [-0.4, -0.2) is 22.3 Å². The van der Waals surface area contributed by atoms with Crippen LogP contribution in [0.2, 0.25) is 0 Å². The molecule has 80 valence electrons. The van der Waals surface area contributed by atoms with Crippen LogP contribution < -0.4 is 0 Å². The highest BCUT2D eigenvalue weighted by molar-refractivity contribution is 5.73. The Morgan fingerprint density at radius 1 is 1.50 bits per heavy atom. The first-order valence-electron chi connectivity index (χ1n) is 5.02. The number of aliphatic hydroxyl groups is 1. The number of rotatable bonds is 3. The molecule has 2 N–H and O–H groups in total. The molecule has 0 amide bonds. The van der Waals surface area contributed by atoms with Gasteiger partial charge in [-0.05, 0) is 25.2 Å². The lowest BCUT2D eigenvalue weighted by Gasteiger charge is -2.37. The van der Waals surface area contributed by atoms with Crippen LogP contribution in [0, 0.1) is 11.3 Å². The molecule has 0 aromatic rings. The Kier molecular flexibility index (Phi) is 3.32. The van der Waals surface area contributed by atoms with Gasteiger partial charge in [-0.2, -0.15) is 0 Å². The van der Waals surface area contributed by atoms with E-state index in [2.05, 4.69) is 12.2 Å². The Hall–Kier alpha value is -0.830. The summed E-state index contributed by atoms with van der Waals surface area (Å²) in [7, 11) is 0. The van der Waals surface area contributed by atoms with Gasteiger partial charge >= 0.3 is 5.97 Å². The summed E-state index contributed by atoms with van der Waals surface area (Å²) in [5, 5.41) is 18.4. The summed E-state index contributed by atoms with van der Waals surface area (Å²) >= 11 is 0. The Labute approximate surface area is 84.4 Å². The molecule has 0 bridgehead atoms. The molecule has 0 fully saturated rings. The van der Waals surface area contributed by atoms with Crippen LogP contribution in [0.5, 0.6) is 0 Å². The molecule has 0 aromatic heterocycles. The van der Waals surface area contributed by atoms with Crippen LogP contribution in [0.4, 0.5) is 0 Å². The second-order valence-electron chi connectivity index (χ2n) is 4.54. The topological polar surface area (TPSA) is 57.5 Å². The second-order valence-corrected chi connectivity index (χ2v) is 4.54. The highest BCUT2D eigenvalue weighted by Gasteiger charge is 2.39. The third-order valence-corrected chi connectivity index (χ3v) is 3.26. The van der Waals surface area contributed by atoms with Gasteiger partial charge in [0.05, 0.1) is 0 Å². The second kappa shape index (κ2) is 4.13. The van der Waals surface area contributed by atoms with Crippen molar-refractivity contribution in [2.24, 2.45) is 11.3 Å². The minimum absolute atomic E-state index is 0.263. The average molecular weight is 198 g/mol. The van der Waals surface area contributed by atoms with Crippen LogP contribution in [0.1, 0.15) is 33.1 Å². The minimum atomic E-state index is -1.26. The van der Waals surface area contributed by atoms with E-state index in [1.54, 1.807) is 0 Å². The summed E-state index contributed by atoms with van der Waals surface area (Å²) < 4.78 is 0. The molecule has 1 aliphatic rings. The monoisotopic (exact) mass is 198 g/mol. The molecule has 1 rings (SSSR count). The first-order valence-corrected chi connectivity index (χ1v) is 5.02. The molecular formula is C11H18O3. The summed E-state index contributed by atoms with van der Waals surface area (Å²) in [6, 6.07) is 0. The lowest BCUT2D eigenvalue weighted by Crippen LogP contribution is -2.42. The van der Waals surface area contributed by atoms with Crippen molar-refractivity contribution in [2.45, 2.75) is 39.2 Å². The van der Waals surface area contributed by atoms with E-state index in [1.165, 1.54) is 0 Å². The van der Waals surface area contributed by atoms with Crippen molar-refractivity contribution in [3.63, 3.8) is 0 Å². The van der Waals surface area contributed by atoms with E-state index < -0.39 is 17.5 Å². The molecule has 0 spiro atoms. The Balaban J connectivity index is 2.72. The highest BCUT2D eigenvalue weighted by Crippen LogP contribution is 2.38. The number of allylic oxidation sites excluding steroid dienone is 2. The highest BCUT2D eigenvalue weighted by atomic mass is 16.4. The smallest absolute Gasteiger partial charge is 0.333 e. The van der Waals surface area contributed by atoms with Crippen LogP contribution in [0.25, 0.3) is 0 Å². The first kappa shape index (κ1) is 11.2. The van der Waals surface area contributed by atoms with Crippen LogP contribution in [0.3, 0.4) is 0 Å². The zero-order valence-corrected chi connectivity index (χ0v) is 8.73. The van der Waals surface area contributed by atoms with Crippen molar-refractivity contribution in [3.8, 4) is 0 Å². The van der Waals surface area contributed by atoms with Gasteiger partial charge in [0.2, 0.25) is 0 Å². The Bertz CT molecular complexity index is 243. The Morgan fingerprint density at radius 3 is 2.57 bits per heavy atom. The van der Waals surface area contributed by atoms with Gasteiger partial charge in [0.15, 0.2) is 6.10 Å². The number of carboxylic acids is 1. The van der Waals surface area contributed by atoms with E-state index in [0.717, 1.165) is 19.3 Å². The normalized spacial score (nSPS) is 24.6. The van der Waals surface area contributed by atoms with E-state index in [0.29, 0.717) is 0 Å². The lowest BCUT2D eigenvalue weighted by molar-refractivity contribution is -0.155. The quantitative estimate of drug-likeness (QED) is 0.680. The van der Waals surface area contributed by atoms with Crippen LogP contribution >= 0.6 is 0 Å². The number of hydrogen-bond donors (Lipinski definition) is 2. The standard InChI is InChI=1S/C11H18O3/c1-11(2,9(12)10(13)14)8-6-4-3-5-7-8/h3-4,8-9,12H,5-7H2,1-2H3,(H,13,14). The van der Waals surface area contributed by atoms with Gasteiger partial charge in [0, 0.05) is 5.41 Å². The fraction of sp³-hybridized carbons (Fsp3) is 0.727. The van der Waals surface area contributed by atoms with Crippen molar-refractivity contribution in [1.82, 2.24) is 0 Å². The molecule has 0 aliphatic heterocycles. The molecular weight excluding hydrogens is 180 g/mol. The number of carboxylic acid groups (broad SMARTS) is 1. The van der Waals surface area contributed by atoms with Crippen molar-refractivity contribution < 1.29 is 15.0 Å². The van der Waals surface area contributed by atoms with Gasteiger partial charge < -0.3 is 10.2 Å². The molecule has 0 radical (unpaired) electrons. The van der Waals surface area contributed by atoms with Gasteiger partial charge in [-0.25, -0.2) is 4.79 Å². The van der Waals surface area contributed by atoms with Crippen molar-refractivity contribution in [1.29, 1.82) is 0 Å². The molecule has 2 atom stereocenters. The maximum Gasteiger partial charge on any atom is 0.333 e. The Morgan fingerprint density at radius 2 is 2.14 bits per heavy atom. The van der Waals surface area contributed by atoms with Gasteiger partial charge in [-0.3, -0.25) is 0 Å². The molecule has 0 heterocycles. The maximum absolute atomic E-state index is 10.7. The van der Waals surface area contributed by atoms with Gasteiger partial charge in [0.1, 0.15) is 0 Å². The first-order chi connectivity index (χ1) is 6.46. The molecule has 3 nitrogen and oxygen atoms in total. The summed E-state index contributed by atoms with van der Waals surface area (Å²) in [5.74, 6) is -0.858. The number of aliphatic hydroxyl groups excluding tert-OH is 1. The number of carbonyl (C=O) groups is 1. The predicted molar refractivity (Wildman–Crippen MR) is 53.9 cm³/mol. The van der Waals surface area contributed by atoms with Crippen molar-refractivity contribution >= 4 is 5.97 Å². The zero-order chi connectivity index (χ0) is 10.8. The summed E-state index contributed by atoms with van der Waals surface area (Å²) in [4.78, 5) is 10.7. The van der Waals surface area contributed by atoms with E-state index in [9.17, 15) is 9.90 Å². The van der Waals surface area contributed by atoms with Crippen LogP contribution in [-0.2, 0) is 4.79 Å². The fourth-order valence-corrected chi connectivity index (χ4v) is 2.01. The zero-order valence-electron chi connectivity index (χ0n) is 8.73. The van der Waals surface area contributed by atoms with E-state index in [-0.39, 0.29) is 5.92 Å². The van der Waals surface area contributed by atoms with E-state index in [1.807, 2.05) is 13.8 Å². The molecule has 0 saturated heterocycles. The average Bonchev–Trinajstić information content (AvgIpc) is 2.18. The third kappa shape index (κ3) is 2.15. The molecule has 3 heteroatoms. The maximum atomic E-state index is 10.7. The molecule has 0 saturated carbocycles. The predicted octanol–water partition coefficient (Wildman–Crippen LogP) is 1.81. The largest absolute Gasteiger partial charge is 0.479 e. The van der Waals surface area contributed by atoms with Gasteiger partial charge in [-0.1, -0.05) is 26.0 Å². The van der Waals surface area contributed by atoms with E-state index >= 15 is 0 Å². The van der Waals surface area contributed by atoms with Crippen molar-refractivity contribution in [2.75, 3.05) is 0 Å². The SMILES string of the molecule is CC(C)(C1CC=CCC1)C(O)C(=O)O. The lowest BCUT2D eigenvalue weighted by atomic mass is 9.69. The van der Waals surface area contributed by atoms with Crippen molar-refractivity contribution in [3.05, 3.63) is 12.2 Å². The molecule has 14 heavy (non-hydrogen) atoms. The van der Waals surface area contributed by atoms with E-state index in [4.69, 9.17) is 5.11 Å². The fourth-order valence-electron chi connectivity index (χ4n) is 2.01. The third-order valence-electron chi connectivity index (χ3n) is 3.26. The van der Waals surface area contributed by atoms with Crippen LogP contribution in [0.15, 0.2) is 12.2 Å². The minimum Gasteiger partial charge on any atom is -0.479 e. The molecule has 0 aromatic carbocycles. The number of aliphatic carboxylic acids is 1. The summed E-state index contributed by atoms with van der Waals surface area (Å²) in [6.45, 7) is 3.66. The van der Waals surface area contributed by atoms with Gasteiger partial charge in [0.25, 0.3) is 0 Å². The number of hydrogen-bond acceptors (Lipinski definition) is 2. The summed E-state index contributed by atoms with van der Waals surface area (Å²) in [5.41, 5.74) is -0.545. The van der Waals surface area contributed by atoms with Gasteiger partial charge in [-0.15, -0.1) is 0 Å². The summed E-state index contributed by atoms with van der Waals surface area (Å²) in [6.07, 6.45) is 5.74. The molecule has 1 aliphatic carbocycles.